The molecule has 7 heteroatoms. The van der Waals surface area contributed by atoms with Crippen LogP contribution in [-0.4, -0.2) is 37.5 Å². The SMILES string of the molecule is COc1ccc(CC(=O)c2cc(-c3cnccc3C)cn3cnnc23)nc1. The number of hydrogen-bond acceptors (Lipinski definition) is 6. The number of nitrogens with zero attached hydrogens (tertiary/aromatic N) is 5. The number of ketones is 1. The van der Waals surface area contributed by atoms with Crippen LogP contribution in [0.5, 0.6) is 5.75 Å². The van der Waals surface area contributed by atoms with Crippen molar-refractivity contribution in [3.8, 4) is 16.9 Å². The minimum atomic E-state index is -0.0749. The van der Waals surface area contributed by atoms with Crippen LogP contribution in [0.3, 0.4) is 0 Å². The van der Waals surface area contributed by atoms with E-state index in [9.17, 15) is 4.79 Å². The monoisotopic (exact) mass is 359 g/mol. The summed E-state index contributed by atoms with van der Waals surface area (Å²) in [6, 6.07) is 7.36. The zero-order valence-corrected chi connectivity index (χ0v) is 15.0. The van der Waals surface area contributed by atoms with E-state index in [-0.39, 0.29) is 12.2 Å². The number of fused-ring (bicyclic) bond motifs is 1. The summed E-state index contributed by atoms with van der Waals surface area (Å²) in [6.07, 6.45) is 8.80. The molecule has 0 aromatic carbocycles. The van der Waals surface area contributed by atoms with Crippen LogP contribution in [0, 0.1) is 6.92 Å². The number of aryl methyl sites for hydroxylation is 1. The van der Waals surface area contributed by atoms with E-state index in [0.29, 0.717) is 22.7 Å². The number of rotatable bonds is 5. The highest BCUT2D eigenvalue weighted by Crippen LogP contribution is 2.25. The van der Waals surface area contributed by atoms with Crippen LogP contribution in [0.25, 0.3) is 16.8 Å². The molecule has 0 amide bonds. The lowest BCUT2D eigenvalue weighted by Crippen LogP contribution is -2.08. The van der Waals surface area contributed by atoms with E-state index in [1.54, 1.807) is 48.6 Å². The maximum atomic E-state index is 13.0. The van der Waals surface area contributed by atoms with E-state index < -0.39 is 0 Å². The van der Waals surface area contributed by atoms with Crippen LogP contribution in [-0.2, 0) is 6.42 Å². The summed E-state index contributed by atoms with van der Waals surface area (Å²) in [6.45, 7) is 2.01. The molecular weight excluding hydrogens is 342 g/mol. The third kappa shape index (κ3) is 3.27. The van der Waals surface area contributed by atoms with Crippen LogP contribution >= 0.6 is 0 Å². The zero-order valence-electron chi connectivity index (χ0n) is 15.0. The molecule has 0 saturated heterocycles. The number of hydrogen-bond donors (Lipinski definition) is 0. The van der Waals surface area contributed by atoms with Gasteiger partial charge < -0.3 is 4.74 Å². The summed E-state index contributed by atoms with van der Waals surface area (Å²) < 4.78 is 6.87. The molecule has 0 saturated carbocycles. The van der Waals surface area contributed by atoms with Gasteiger partial charge in [-0.05, 0) is 36.8 Å². The highest BCUT2D eigenvalue weighted by atomic mass is 16.5. The number of carbonyl (C=O) groups is 1. The van der Waals surface area contributed by atoms with Gasteiger partial charge in [0.1, 0.15) is 12.1 Å². The van der Waals surface area contributed by atoms with Crippen molar-refractivity contribution in [2.45, 2.75) is 13.3 Å². The molecule has 0 unspecified atom stereocenters. The molecule has 134 valence electrons. The number of carbonyl (C=O) groups excluding carboxylic acids is 1. The smallest absolute Gasteiger partial charge is 0.172 e. The summed E-state index contributed by atoms with van der Waals surface area (Å²) in [5.41, 5.74) is 4.63. The molecule has 0 aliphatic rings. The van der Waals surface area contributed by atoms with Crippen molar-refractivity contribution in [1.82, 2.24) is 24.6 Å². The molecule has 0 N–H and O–H groups in total. The van der Waals surface area contributed by atoms with Gasteiger partial charge in [0.25, 0.3) is 0 Å². The molecule has 0 spiro atoms. The lowest BCUT2D eigenvalue weighted by Gasteiger charge is -2.09. The van der Waals surface area contributed by atoms with Gasteiger partial charge >= 0.3 is 0 Å². The highest BCUT2D eigenvalue weighted by Gasteiger charge is 2.17. The van der Waals surface area contributed by atoms with Crippen LogP contribution in [0.1, 0.15) is 21.6 Å². The van der Waals surface area contributed by atoms with Crippen LogP contribution in [0.15, 0.2) is 55.4 Å². The fraction of sp³-hybridized carbons (Fsp3) is 0.150. The van der Waals surface area contributed by atoms with E-state index in [1.807, 2.05) is 25.3 Å². The van der Waals surface area contributed by atoms with E-state index in [4.69, 9.17) is 4.74 Å². The maximum Gasteiger partial charge on any atom is 0.172 e. The van der Waals surface area contributed by atoms with Crippen LogP contribution < -0.4 is 4.74 Å². The molecule has 0 fully saturated rings. The zero-order chi connectivity index (χ0) is 18.8. The maximum absolute atomic E-state index is 13.0. The Morgan fingerprint density at radius 1 is 1.22 bits per heavy atom. The largest absolute Gasteiger partial charge is 0.495 e. The first-order chi connectivity index (χ1) is 13.2. The lowest BCUT2D eigenvalue weighted by atomic mass is 10.00. The molecule has 27 heavy (non-hydrogen) atoms. The van der Waals surface area contributed by atoms with E-state index in [1.165, 1.54) is 0 Å². The Labute approximate surface area is 155 Å². The molecule has 0 radical (unpaired) electrons. The summed E-state index contributed by atoms with van der Waals surface area (Å²) >= 11 is 0. The highest BCUT2D eigenvalue weighted by molar-refractivity contribution is 6.03. The van der Waals surface area contributed by atoms with E-state index in [2.05, 4.69) is 20.2 Å². The fourth-order valence-electron chi connectivity index (χ4n) is 2.95. The van der Waals surface area contributed by atoms with Crippen LogP contribution in [0.2, 0.25) is 0 Å². The molecule has 4 aromatic rings. The third-order valence-electron chi connectivity index (χ3n) is 4.42. The molecule has 4 heterocycles. The van der Waals surface area contributed by atoms with Gasteiger partial charge in [0.2, 0.25) is 0 Å². The van der Waals surface area contributed by atoms with Crippen molar-refractivity contribution in [1.29, 1.82) is 0 Å². The number of pyridine rings is 3. The van der Waals surface area contributed by atoms with Crippen molar-refractivity contribution in [3.05, 3.63) is 72.2 Å². The summed E-state index contributed by atoms with van der Waals surface area (Å²) in [5.74, 6) is 0.578. The Hall–Kier alpha value is -3.61. The third-order valence-corrected chi connectivity index (χ3v) is 4.42. The van der Waals surface area contributed by atoms with Crippen molar-refractivity contribution >= 4 is 11.4 Å². The Morgan fingerprint density at radius 3 is 2.85 bits per heavy atom. The normalized spacial score (nSPS) is 10.9. The predicted octanol–water partition coefficient (Wildman–Crippen LogP) is 2.93. The van der Waals surface area contributed by atoms with Crippen molar-refractivity contribution in [3.63, 3.8) is 0 Å². The van der Waals surface area contributed by atoms with Gasteiger partial charge in [-0.2, -0.15) is 0 Å². The first-order valence-corrected chi connectivity index (χ1v) is 8.42. The summed E-state index contributed by atoms with van der Waals surface area (Å²) in [7, 11) is 1.58. The lowest BCUT2D eigenvalue weighted by molar-refractivity contribution is 0.0993. The fourth-order valence-corrected chi connectivity index (χ4v) is 2.95. The molecule has 0 aliphatic carbocycles. The Morgan fingerprint density at radius 2 is 2.11 bits per heavy atom. The van der Waals surface area contributed by atoms with Crippen LogP contribution in [0.4, 0.5) is 0 Å². The molecule has 0 aliphatic heterocycles. The molecule has 0 bridgehead atoms. The second-order valence-corrected chi connectivity index (χ2v) is 6.18. The first kappa shape index (κ1) is 16.8. The summed E-state index contributed by atoms with van der Waals surface area (Å²) in [5, 5.41) is 8.05. The van der Waals surface area contributed by atoms with Crippen molar-refractivity contribution in [2.24, 2.45) is 0 Å². The molecule has 0 atom stereocenters. The average molecular weight is 359 g/mol. The topological polar surface area (TPSA) is 82.3 Å². The summed E-state index contributed by atoms with van der Waals surface area (Å²) in [4.78, 5) is 21.5. The minimum absolute atomic E-state index is 0.0749. The minimum Gasteiger partial charge on any atom is -0.495 e. The Bertz CT molecular complexity index is 1120. The number of aromatic nitrogens is 5. The standard InChI is InChI=1S/C20H17N5O2/c1-13-5-6-21-10-18(13)14-7-17(20-24-23-12-25(20)11-14)19(26)8-15-3-4-16(27-2)9-22-15/h3-7,9-12H,8H2,1-2H3. The number of methoxy groups -OCH3 is 1. The molecule has 4 aromatic heterocycles. The first-order valence-electron chi connectivity index (χ1n) is 8.42. The number of Topliss-reactive ketones (excluding diaryl/α,β-unsaturated/α-hetero) is 1. The van der Waals surface area contributed by atoms with Gasteiger partial charge in [-0.3, -0.25) is 19.2 Å². The Balaban J connectivity index is 1.74. The van der Waals surface area contributed by atoms with Crippen molar-refractivity contribution in [2.75, 3.05) is 7.11 Å². The Kier molecular flexibility index (Phi) is 4.33. The van der Waals surface area contributed by atoms with Gasteiger partial charge in [-0.1, -0.05) is 0 Å². The van der Waals surface area contributed by atoms with Gasteiger partial charge in [-0.15, -0.1) is 10.2 Å². The number of ether oxygens (including phenoxy) is 1. The van der Waals surface area contributed by atoms with Gasteiger partial charge in [-0.25, -0.2) is 0 Å². The van der Waals surface area contributed by atoms with Gasteiger partial charge in [0, 0.05) is 35.4 Å². The van der Waals surface area contributed by atoms with Gasteiger partial charge in [0.05, 0.1) is 25.3 Å². The van der Waals surface area contributed by atoms with E-state index in [0.717, 1.165) is 16.7 Å². The van der Waals surface area contributed by atoms with Gasteiger partial charge in [0.15, 0.2) is 11.4 Å². The second-order valence-electron chi connectivity index (χ2n) is 6.18. The van der Waals surface area contributed by atoms with E-state index >= 15 is 0 Å². The molecular formula is C20H17N5O2. The average Bonchev–Trinajstić information content (AvgIpc) is 3.16. The van der Waals surface area contributed by atoms with Crippen molar-refractivity contribution < 1.29 is 9.53 Å². The predicted molar refractivity (Wildman–Crippen MR) is 99.8 cm³/mol. The second kappa shape index (κ2) is 6.95. The molecule has 7 nitrogen and oxygen atoms in total. The molecule has 4 rings (SSSR count). The quantitative estimate of drug-likeness (QED) is 0.510.